The Morgan fingerprint density at radius 2 is 2.29 bits per heavy atom. The average molecular weight is 281 g/mol. The molecule has 0 saturated heterocycles. The quantitative estimate of drug-likeness (QED) is 0.743. The molecule has 0 spiro atoms. The third-order valence-corrected chi connectivity index (χ3v) is 4.67. The van der Waals surface area contributed by atoms with Crippen molar-refractivity contribution in [1.82, 2.24) is 19.3 Å². The molecule has 86 valence electrons. The summed E-state index contributed by atoms with van der Waals surface area (Å²) in [6, 6.07) is 1.94. The second-order valence-corrected chi connectivity index (χ2v) is 6.06. The van der Waals surface area contributed by atoms with Gasteiger partial charge in [-0.2, -0.15) is 4.37 Å². The van der Waals surface area contributed by atoms with Gasteiger partial charge < -0.3 is 5.73 Å². The molecule has 0 fully saturated rings. The van der Waals surface area contributed by atoms with Gasteiger partial charge in [-0.05, 0) is 23.0 Å². The molecule has 3 heterocycles. The summed E-state index contributed by atoms with van der Waals surface area (Å²) >= 11 is 4.51. The summed E-state index contributed by atoms with van der Waals surface area (Å²) in [4.78, 5) is 13.8. The van der Waals surface area contributed by atoms with Gasteiger partial charge in [0.2, 0.25) is 0 Å². The van der Waals surface area contributed by atoms with Crippen LogP contribution in [0.15, 0.2) is 22.1 Å². The number of hydrogen-bond acceptors (Lipinski definition) is 8. The van der Waals surface area contributed by atoms with E-state index >= 15 is 0 Å². The van der Waals surface area contributed by atoms with Crippen molar-refractivity contribution in [2.45, 2.75) is 10.1 Å². The summed E-state index contributed by atoms with van der Waals surface area (Å²) in [5, 5.41) is 2.90. The minimum atomic E-state index is 0.545. The first kappa shape index (κ1) is 10.9. The number of nitrogens with zero attached hydrogens (tertiary/aromatic N) is 4. The fourth-order valence-corrected chi connectivity index (χ4v) is 3.43. The zero-order valence-electron chi connectivity index (χ0n) is 8.53. The molecule has 0 aliphatic carbocycles. The standard InChI is InChI=1S/C9H7N5S3/c10-7-5-1-2-15-8(5)14-6(13-7)3-16-9-11-4-12-17-9/h1-2,4H,3H2,(H2,10,13,14). The Kier molecular flexibility index (Phi) is 2.91. The van der Waals surface area contributed by atoms with Crippen LogP contribution in [0.4, 0.5) is 5.82 Å². The monoisotopic (exact) mass is 281 g/mol. The Morgan fingerprint density at radius 1 is 1.35 bits per heavy atom. The predicted octanol–water partition coefficient (Wildman–Crippen LogP) is 2.42. The van der Waals surface area contributed by atoms with Crippen LogP contribution in [0.3, 0.4) is 0 Å². The number of thiophene rings is 1. The molecule has 0 aliphatic heterocycles. The summed E-state index contributed by atoms with van der Waals surface area (Å²) in [5.74, 6) is 1.94. The predicted molar refractivity (Wildman–Crippen MR) is 71.3 cm³/mol. The highest BCUT2D eigenvalue weighted by molar-refractivity contribution is 8.00. The molecule has 0 atom stereocenters. The van der Waals surface area contributed by atoms with Crippen LogP contribution in [-0.2, 0) is 5.75 Å². The lowest BCUT2D eigenvalue weighted by Gasteiger charge is -2.00. The molecule has 0 amide bonds. The fraction of sp³-hybridized carbons (Fsp3) is 0.111. The second kappa shape index (κ2) is 4.55. The molecule has 0 bridgehead atoms. The van der Waals surface area contributed by atoms with E-state index in [1.165, 1.54) is 11.5 Å². The van der Waals surface area contributed by atoms with Crippen molar-refractivity contribution in [3.05, 3.63) is 23.6 Å². The van der Waals surface area contributed by atoms with E-state index in [9.17, 15) is 0 Å². The molecule has 0 unspecified atom stereocenters. The third-order valence-electron chi connectivity index (χ3n) is 2.07. The fourth-order valence-electron chi connectivity index (χ4n) is 1.34. The van der Waals surface area contributed by atoms with Gasteiger partial charge in [0.25, 0.3) is 0 Å². The van der Waals surface area contributed by atoms with E-state index in [0.29, 0.717) is 11.6 Å². The SMILES string of the molecule is Nc1nc(CSc2ncns2)nc2sccc12. The highest BCUT2D eigenvalue weighted by Gasteiger charge is 2.07. The third kappa shape index (κ3) is 2.24. The lowest BCUT2D eigenvalue weighted by Crippen LogP contribution is -1.98. The van der Waals surface area contributed by atoms with Crippen molar-refractivity contribution < 1.29 is 0 Å². The Bertz CT molecular complexity index is 633. The smallest absolute Gasteiger partial charge is 0.170 e. The van der Waals surface area contributed by atoms with Gasteiger partial charge in [-0.1, -0.05) is 11.8 Å². The minimum Gasteiger partial charge on any atom is -0.383 e. The van der Waals surface area contributed by atoms with Gasteiger partial charge in [-0.25, -0.2) is 15.0 Å². The molecule has 8 heteroatoms. The molecule has 3 aromatic rings. The van der Waals surface area contributed by atoms with E-state index in [1.54, 1.807) is 29.4 Å². The van der Waals surface area contributed by atoms with Crippen molar-refractivity contribution in [2.75, 3.05) is 5.73 Å². The molecule has 5 nitrogen and oxygen atoms in total. The Hall–Kier alpha value is -1.25. The normalized spacial score (nSPS) is 11.1. The first-order chi connectivity index (χ1) is 8.33. The van der Waals surface area contributed by atoms with E-state index in [1.807, 2.05) is 11.4 Å². The van der Waals surface area contributed by atoms with Crippen LogP contribution in [0.5, 0.6) is 0 Å². The molecule has 0 saturated carbocycles. The number of nitrogens with two attached hydrogens (primary N) is 1. The highest BCUT2D eigenvalue weighted by atomic mass is 32.2. The highest BCUT2D eigenvalue weighted by Crippen LogP contribution is 2.26. The van der Waals surface area contributed by atoms with Crippen molar-refractivity contribution in [3.8, 4) is 0 Å². The minimum absolute atomic E-state index is 0.545. The maximum absolute atomic E-state index is 5.87. The first-order valence-corrected chi connectivity index (χ1v) is 7.36. The van der Waals surface area contributed by atoms with Crippen molar-refractivity contribution in [3.63, 3.8) is 0 Å². The van der Waals surface area contributed by atoms with Gasteiger partial charge in [-0.3, -0.25) is 0 Å². The molecule has 2 N–H and O–H groups in total. The number of rotatable bonds is 3. The van der Waals surface area contributed by atoms with E-state index in [2.05, 4.69) is 19.3 Å². The summed E-state index contributed by atoms with van der Waals surface area (Å²) in [6.07, 6.45) is 1.55. The summed E-state index contributed by atoms with van der Waals surface area (Å²) < 4.78 is 4.86. The topological polar surface area (TPSA) is 77.6 Å². The lowest BCUT2D eigenvalue weighted by atomic mass is 10.4. The number of aromatic nitrogens is 4. The van der Waals surface area contributed by atoms with E-state index in [-0.39, 0.29) is 0 Å². The maximum atomic E-state index is 5.87. The largest absolute Gasteiger partial charge is 0.383 e. The number of fused-ring (bicyclic) bond motifs is 1. The molecule has 3 aromatic heterocycles. The number of nitrogen functional groups attached to an aromatic ring is 1. The van der Waals surface area contributed by atoms with Crippen LogP contribution in [-0.4, -0.2) is 19.3 Å². The first-order valence-electron chi connectivity index (χ1n) is 4.72. The summed E-state index contributed by atoms with van der Waals surface area (Å²) in [6.45, 7) is 0. The van der Waals surface area contributed by atoms with Crippen LogP contribution in [0.2, 0.25) is 0 Å². The van der Waals surface area contributed by atoms with E-state index in [4.69, 9.17) is 5.73 Å². The Morgan fingerprint density at radius 3 is 3.12 bits per heavy atom. The van der Waals surface area contributed by atoms with Crippen LogP contribution < -0.4 is 5.73 Å². The number of hydrogen-bond donors (Lipinski definition) is 1. The Labute approximate surface area is 109 Å². The molecule has 17 heavy (non-hydrogen) atoms. The van der Waals surface area contributed by atoms with Crippen molar-refractivity contribution >= 4 is 50.7 Å². The van der Waals surface area contributed by atoms with E-state index < -0.39 is 0 Å². The zero-order valence-corrected chi connectivity index (χ0v) is 11.0. The maximum Gasteiger partial charge on any atom is 0.170 e. The molecule has 0 aliphatic rings. The van der Waals surface area contributed by atoms with Gasteiger partial charge >= 0.3 is 0 Å². The average Bonchev–Trinajstić information content (AvgIpc) is 2.97. The molecule has 0 radical (unpaired) electrons. The summed E-state index contributed by atoms with van der Waals surface area (Å²) in [5.41, 5.74) is 5.87. The lowest BCUT2D eigenvalue weighted by molar-refractivity contribution is 1.08. The van der Waals surface area contributed by atoms with E-state index in [0.717, 1.165) is 20.4 Å². The van der Waals surface area contributed by atoms with Gasteiger partial charge in [0.1, 0.15) is 22.8 Å². The van der Waals surface area contributed by atoms with Crippen LogP contribution >= 0.6 is 34.6 Å². The second-order valence-electron chi connectivity index (χ2n) is 3.16. The number of anilines is 1. The van der Waals surface area contributed by atoms with Gasteiger partial charge in [0.05, 0.1) is 11.1 Å². The van der Waals surface area contributed by atoms with Crippen LogP contribution in [0, 0.1) is 0 Å². The molecular formula is C9H7N5S3. The van der Waals surface area contributed by atoms with Gasteiger partial charge in [0.15, 0.2) is 4.34 Å². The van der Waals surface area contributed by atoms with Gasteiger partial charge in [0, 0.05) is 0 Å². The van der Waals surface area contributed by atoms with Gasteiger partial charge in [-0.15, -0.1) is 11.3 Å². The van der Waals surface area contributed by atoms with Crippen molar-refractivity contribution in [1.29, 1.82) is 0 Å². The van der Waals surface area contributed by atoms with Crippen LogP contribution in [0.25, 0.3) is 10.2 Å². The zero-order chi connectivity index (χ0) is 11.7. The number of thioether (sulfide) groups is 1. The van der Waals surface area contributed by atoms with Crippen LogP contribution in [0.1, 0.15) is 5.82 Å². The molecule has 3 rings (SSSR count). The molecule has 0 aromatic carbocycles. The van der Waals surface area contributed by atoms with Crippen molar-refractivity contribution in [2.24, 2.45) is 0 Å². The summed E-state index contributed by atoms with van der Waals surface area (Å²) in [7, 11) is 0. The Balaban J connectivity index is 1.85. The molecular weight excluding hydrogens is 274 g/mol.